The van der Waals surface area contributed by atoms with Crippen LogP contribution >= 0.6 is 15.9 Å². The second-order valence-electron chi connectivity index (χ2n) is 7.60. The van der Waals surface area contributed by atoms with Crippen molar-refractivity contribution in [3.8, 4) is 0 Å². The highest BCUT2D eigenvalue weighted by molar-refractivity contribution is 9.10. The molecular formula is C23H18BrFN4O. The Hall–Kier alpha value is -3.06. The van der Waals surface area contributed by atoms with E-state index in [0.29, 0.717) is 6.42 Å². The minimum atomic E-state index is -0.384. The number of carbonyl (C=O) groups excluding carboxylic acids is 1. The Bertz CT molecular complexity index is 1300. The van der Waals surface area contributed by atoms with Crippen molar-refractivity contribution in [2.75, 3.05) is 0 Å². The number of ketones is 1. The minimum absolute atomic E-state index is 0.0435. The molecule has 150 valence electrons. The third-order valence-electron chi connectivity index (χ3n) is 5.61. The Morgan fingerprint density at radius 1 is 1.23 bits per heavy atom. The van der Waals surface area contributed by atoms with Crippen LogP contribution < -0.4 is 0 Å². The van der Waals surface area contributed by atoms with Gasteiger partial charge in [-0.25, -0.2) is 4.39 Å². The number of carbonyl (C=O) groups is 1. The van der Waals surface area contributed by atoms with E-state index >= 15 is 0 Å². The number of H-pyrrole nitrogens is 1. The molecule has 1 unspecified atom stereocenters. The standard InChI is InChI=1S/C23H18BrFN4O/c1-13-8-20-18(24)12-27-29(20)23(15-3-5-17(25)6-4-15)22(13)21(30)10-14-2-7-19-16(9-14)11-26-28-19/h2-7,9,11-12,23H,8,10H2,1H3,(H,26,28). The molecule has 2 aromatic heterocycles. The molecule has 30 heavy (non-hydrogen) atoms. The van der Waals surface area contributed by atoms with Gasteiger partial charge < -0.3 is 0 Å². The van der Waals surface area contributed by atoms with Gasteiger partial charge in [0.05, 0.1) is 28.1 Å². The molecule has 0 amide bonds. The number of halogens is 2. The molecule has 7 heteroatoms. The van der Waals surface area contributed by atoms with Crippen molar-refractivity contribution < 1.29 is 9.18 Å². The molecule has 3 heterocycles. The fourth-order valence-corrected chi connectivity index (χ4v) is 4.60. The Labute approximate surface area is 180 Å². The highest BCUT2D eigenvalue weighted by Gasteiger charge is 2.33. The Morgan fingerprint density at radius 2 is 2.03 bits per heavy atom. The molecule has 0 saturated carbocycles. The van der Waals surface area contributed by atoms with Crippen molar-refractivity contribution in [2.45, 2.75) is 25.8 Å². The fourth-order valence-electron chi connectivity index (χ4n) is 4.18. The maximum Gasteiger partial charge on any atom is 0.165 e. The van der Waals surface area contributed by atoms with Gasteiger partial charge >= 0.3 is 0 Å². The van der Waals surface area contributed by atoms with Gasteiger partial charge in [-0.2, -0.15) is 10.2 Å². The van der Waals surface area contributed by atoms with Crippen molar-refractivity contribution >= 4 is 32.6 Å². The smallest absolute Gasteiger partial charge is 0.165 e. The number of Topliss-reactive ketones (excluding diaryl/α,β-unsaturated/α-hetero) is 1. The minimum Gasteiger partial charge on any atom is -0.294 e. The SMILES string of the molecule is CC1=C(C(=O)Cc2ccc3[nH]ncc3c2)C(c2ccc(F)cc2)n2ncc(Br)c2C1. The lowest BCUT2D eigenvalue weighted by Gasteiger charge is -2.29. The molecule has 1 N–H and O–H groups in total. The molecule has 0 spiro atoms. The van der Waals surface area contributed by atoms with Crippen molar-refractivity contribution in [2.24, 2.45) is 0 Å². The zero-order chi connectivity index (χ0) is 20.8. The van der Waals surface area contributed by atoms with Crippen LogP contribution in [-0.2, 0) is 17.6 Å². The average Bonchev–Trinajstić information content (AvgIpc) is 3.34. The van der Waals surface area contributed by atoms with Crippen molar-refractivity contribution in [3.63, 3.8) is 0 Å². The largest absolute Gasteiger partial charge is 0.294 e. The highest BCUT2D eigenvalue weighted by Crippen LogP contribution is 2.38. The summed E-state index contributed by atoms with van der Waals surface area (Å²) in [6.45, 7) is 1.99. The normalized spacial score (nSPS) is 16.2. The summed E-state index contributed by atoms with van der Waals surface area (Å²) < 4.78 is 16.3. The van der Waals surface area contributed by atoms with E-state index in [0.717, 1.165) is 43.3 Å². The zero-order valence-corrected chi connectivity index (χ0v) is 17.8. The second kappa shape index (κ2) is 7.32. The van der Waals surface area contributed by atoms with Gasteiger partial charge in [-0.3, -0.25) is 14.6 Å². The number of nitrogens with zero attached hydrogens (tertiary/aromatic N) is 3. The number of benzene rings is 2. The van der Waals surface area contributed by atoms with Crippen molar-refractivity contribution in [1.29, 1.82) is 0 Å². The summed E-state index contributed by atoms with van der Waals surface area (Å²) in [7, 11) is 0. The van der Waals surface area contributed by atoms with E-state index in [1.807, 2.05) is 29.8 Å². The second-order valence-corrected chi connectivity index (χ2v) is 8.45. The summed E-state index contributed by atoms with van der Waals surface area (Å²) >= 11 is 3.56. The van der Waals surface area contributed by atoms with E-state index < -0.39 is 0 Å². The first-order chi connectivity index (χ1) is 14.5. The molecule has 0 aliphatic carbocycles. The van der Waals surface area contributed by atoms with E-state index in [-0.39, 0.29) is 24.1 Å². The quantitative estimate of drug-likeness (QED) is 0.465. The summed E-state index contributed by atoms with van der Waals surface area (Å²) in [6.07, 6.45) is 4.42. The van der Waals surface area contributed by atoms with E-state index in [1.165, 1.54) is 12.1 Å². The van der Waals surface area contributed by atoms with Crippen LogP contribution in [0.5, 0.6) is 0 Å². The predicted octanol–water partition coefficient (Wildman–Crippen LogP) is 4.93. The van der Waals surface area contributed by atoms with E-state index in [9.17, 15) is 9.18 Å². The van der Waals surface area contributed by atoms with Gasteiger partial charge in [0.15, 0.2) is 5.78 Å². The summed E-state index contributed by atoms with van der Waals surface area (Å²) in [4.78, 5) is 13.5. The molecule has 0 bridgehead atoms. The molecular weight excluding hydrogens is 447 g/mol. The Balaban J connectivity index is 1.56. The first-order valence-corrected chi connectivity index (χ1v) is 10.4. The monoisotopic (exact) mass is 464 g/mol. The van der Waals surface area contributed by atoms with Gasteiger partial charge in [0, 0.05) is 23.8 Å². The van der Waals surface area contributed by atoms with Gasteiger partial charge in [-0.05, 0) is 58.2 Å². The number of allylic oxidation sites excluding steroid dienone is 2. The first-order valence-electron chi connectivity index (χ1n) is 9.63. The Kier molecular flexibility index (Phi) is 4.62. The Morgan fingerprint density at radius 3 is 2.83 bits per heavy atom. The molecule has 4 aromatic rings. The molecule has 5 rings (SSSR count). The maximum absolute atomic E-state index is 13.6. The van der Waals surface area contributed by atoms with Crippen LogP contribution in [0.3, 0.4) is 0 Å². The van der Waals surface area contributed by atoms with Crippen molar-refractivity contribution in [1.82, 2.24) is 20.0 Å². The van der Waals surface area contributed by atoms with Crippen molar-refractivity contribution in [3.05, 3.63) is 93.1 Å². The number of nitrogens with one attached hydrogen (secondary N) is 1. The average molecular weight is 465 g/mol. The van der Waals surface area contributed by atoms with E-state index in [2.05, 4.69) is 31.2 Å². The molecule has 1 atom stereocenters. The van der Waals surface area contributed by atoms with Gasteiger partial charge in [0.1, 0.15) is 11.9 Å². The summed E-state index contributed by atoms with van der Waals surface area (Å²) in [5.74, 6) is -0.264. The molecule has 0 radical (unpaired) electrons. The molecule has 1 aliphatic heterocycles. The van der Waals surface area contributed by atoms with Crippen LogP contribution in [0.4, 0.5) is 4.39 Å². The van der Waals surface area contributed by atoms with Gasteiger partial charge in [-0.15, -0.1) is 0 Å². The van der Waals surface area contributed by atoms with Crippen LogP contribution in [0, 0.1) is 5.82 Å². The molecule has 2 aromatic carbocycles. The lowest BCUT2D eigenvalue weighted by atomic mass is 9.85. The topological polar surface area (TPSA) is 63.6 Å². The van der Waals surface area contributed by atoms with Crippen LogP contribution in [0.1, 0.15) is 29.8 Å². The fraction of sp³-hybridized carbons (Fsp3) is 0.174. The van der Waals surface area contributed by atoms with Crippen LogP contribution in [-0.4, -0.2) is 25.8 Å². The van der Waals surface area contributed by atoms with Gasteiger partial charge in [0.2, 0.25) is 0 Å². The molecule has 1 aliphatic rings. The third kappa shape index (κ3) is 3.19. The van der Waals surface area contributed by atoms with E-state index in [1.54, 1.807) is 24.5 Å². The molecule has 0 saturated heterocycles. The van der Waals surface area contributed by atoms with Crippen LogP contribution in [0.25, 0.3) is 10.9 Å². The van der Waals surface area contributed by atoms with E-state index in [4.69, 9.17) is 0 Å². The zero-order valence-electron chi connectivity index (χ0n) is 16.2. The number of hydrogen-bond donors (Lipinski definition) is 1. The summed E-state index contributed by atoms with van der Waals surface area (Å²) in [5.41, 5.74) is 5.44. The van der Waals surface area contributed by atoms with Gasteiger partial charge in [-0.1, -0.05) is 23.8 Å². The summed E-state index contributed by atoms with van der Waals surface area (Å²) in [5, 5.41) is 12.5. The molecule has 0 fully saturated rings. The van der Waals surface area contributed by atoms with Crippen LogP contribution in [0.2, 0.25) is 0 Å². The van der Waals surface area contributed by atoms with Gasteiger partial charge in [0.25, 0.3) is 0 Å². The number of fused-ring (bicyclic) bond motifs is 2. The molecule has 5 nitrogen and oxygen atoms in total. The number of aromatic nitrogens is 4. The lowest BCUT2D eigenvalue weighted by molar-refractivity contribution is -0.115. The third-order valence-corrected chi connectivity index (χ3v) is 6.28. The first kappa shape index (κ1) is 18.9. The van der Waals surface area contributed by atoms with Crippen LogP contribution in [0.15, 0.2) is 70.5 Å². The predicted molar refractivity (Wildman–Crippen MR) is 116 cm³/mol. The lowest BCUT2D eigenvalue weighted by Crippen LogP contribution is -2.28. The highest BCUT2D eigenvalue weighted by atomic mass is 79.9. The summed E-state index contributed by atoms with van der Waals surface area (Å²) in [6, 6.07) is 11.8. The number of rotatable bonds is 4. The maximum atomic E-state index is 13.6. The number of aromatic amines is 1. The number of hydrogen-bond acceptors (Lipinski definition) is 3.